The van der Waals surface area contributed by atoms with Gasteiger partial charge in [0.1, 0.15) is 6.04 Å². The van der Waals surface area contributed by atoms with E-state index in [9.17, 15) is 24.0 Å². The van der Waals surface area contributed by atoms with E-state index in [4.69, 9.17) is 5.11 Å². The van der Waals surface area contributed by atoms with E-state index in [2.05, 4.69) is 10.6 Å². The molecule has 0 saturated carbocycles. The molecule has 0 aliphatic carbocycles. The number of fused-ring (bicyclic) bond motifs is 1. The van der Waals surface area contributed by atoms with E-state index < -0.39 is 17.9 Å². The van der Waals surface area contributed by atoms with Gasteiger partial charge in [0.2, 0.25) is 11.8 Å². The Hall–Kier alpha value is -3.23. The summed E-state index contributed by atoms with van der Waals surface area (Å²) in [5.74, 6) is -2.40. The minimum Gasteiger partial charge on any atom is -0.481 e. The van der Waals surface area contributed by atoms with E-state index in [1.165, 1.54) is 11.0 Å². The maximum absolute atomic E-state index is 12.6. The number of nitrogens with one attached hydrogen (secondary N) is 2. The third-order valence-electron chi connectivity index (χ3n) is 4.64. The molecule has 27 heavy (non-hydrogen) atoms. The van der Waals surface area contributed by atoms with Gasteiger partial charge in [-0.15, -0.1) is 0 Å². The Kier molecular flexibility index (Phi) is 5.20. The molecule has 1 aromatic carbocycles. The maximum Gasteiger partial charge on any atom is 0.303 e. The van der Waals surface area contributed by atoms with Gasteiger partial charge in [-0.25, -0.2) is 0 Å². The van der Waals surface area contributed by atoms with E-state index in [1.54, 1.807) is 12.1 Å². The minimum atomic E-state index is -0.922. The summed E-state index contributed by atoms with van der Waals surface area (Å²) < 4.78 is 0. The number of carboxylic acids is 1. The van der Waals surface area contributed by atoms with Gasteiger partial charge in [-0.3, -0.25) is 29.3 Å². The van der Waals surface area contributed by atoms with Crippen molar-refractivity contribution in [2.75, 3.05) is 6.54 Å². The number of carboxylic acid groups (broad SMARTS) is 1. The Bertz CT molecular complexity index is 834. The van der Waals surface area contributed by atoms with Gasteiger partial charge in [-0.2, -0.15) is 0 Å². The van der Waals surface area contributed by atoms with E-state index >= 15 is 0 Å². The van der Waals surface area contributed by atoms with Crippen LogP contribution in [0.2, 0.25) is 0 Å². The lowest BCUT2D eigenvalue weighted by atomic mass is 10.0. The molecule has 0 spiro atoms. The monoisotopic (exact) mass is 373 g/mol. The predicted octanol–water partition coefficient (Wildman–Crippen LogP) is 0.0422. The first-order valence-corrected chi connectivity index (χ1v) is 8.64. The second kappa shape index (κ2) is 7.56. The van der Waals surface area contributed by atoms with Gasteiger partial charge in [-0.05, 0) is 36.6 Å². The highest BCUT2D eigenvalue weighted by atomic mass is 16.4. The number of nitrogens with zero attached hydrogens (tertiary/aromatic N) is 1. The van der Waals surface area contributed by atoms with Crippen molar-refractivity contribution in [2.45, 2.75) is 38.3 Å². The highest BCUT2D eigenvalue weighted by Gasteiger charge is 2.39. The number of carbonyl (C=O) groups is 5. The molecule has 1 aromatic rings. The molecule has 2 aliphatic rings. The molecule has 3 rings (SSSR count). The molecule has 9 nitrogen and oxygen atoms in total. The van der Waals surface area contributed by atoms with Crippen LogP contribution in [0.4, 0.5) is 0 Å². The lowest BCUT2D eigenvalue weighted by Gasteiger charge is -2.29. The lowest BCUT2D eigenvalue weighted by molar-refractivity contribution is -0.138. The fourth-order valence-electron chi connectivity index (χ4n) is 3.26. The van der Waals surface area contributed by atoms with Crippen molar-refractivity contribution in [3.05, 3.63) is 34.9 Å². The van der Waals surface area contributed by atoms with Crippen LogP contribution >= 0.6 is 0 Å². The number of benzene rings is 1. The van der Waals surface area contributed by atoms with Crippen molar-refractivity contribution < 1.29 is 29.1 Å². The molecular weight excluding hydrogens is 354 g/mol. The lowest BCUT2D eigenvalue weighted by Crippen LogP contribution is -2.52. The predicted molar refractivity (Wildman–Crippen MR) is 91.7 cm³/mol. The number of aliphatic carboxylic acids is 1. The van der Waals surface area contributed by atoms with Crippen LogP contribution in [0.3, 0.4) is 0 Å². The van der Waals surface area contributed by atoms with E-state index in [-0.39, 0.29) is 50.1 Å². The zero-order valence-electron chi connectivity index (χ0n) is 14.5. The molecule has 0 aromatic heterocycles. The summed E-state index contributed by atoms with van der Waals surface area (Å²) in [4.78, 5) is 60.0. The molecule has 1 atom stereocenters. The van der Waals surface area contributed by atoms with Crippen LogP contribution in [0, 0.1) is 0 Å². The van der Waals surface area contributed by atoms with E-state index in [0.717, 1.165) is 0 Å². The number of imide groups is 1. The van der Waals surface area contributed by atoms with Gasteiger partial charge in [0, 0.05) is 37.1 Å². The van der Waals surface area contributed by atoms with E-state index in [0.29, 0.717) is 23.1 Å². The first kappa shape index (κ1) is 18.6. The standard InChI is InChI=1S/C18H19N3O6/c22-14-6-5-13(17(26)20-14)21-9-11-8-10(3-4-12(11)18(21)27)16(25)19-7-1-2-15(23)24/h3-4,8,13H,1-2,5-7,9H2,(H,19,25)(H,23,24)(H,20,22,26). The van der Waals surface area contributed by atoms with Crippen LogP contribution in [0.5, 0.6) is 0 Å². The van der Waals surface area contributed by atoms with Crippen molar-refractivity contribution in [1.29, 1.82) is 0 Å². The fourth-order valence-corrected chi connectivity index (χ4v) is 3.26. The molecule has 2 heterocycles. The van der Waals surface area contributed by atoms with Crippen molar-refractivity contribution in [1.82, 2.24) is 15.5 Å². The number of amides is 4. The van der Waals surface area contributed by atoms with Crippen molar-refractivity contribution >= 4 is 29.6 Å². The number of carbonyl (C=O) groups excluding carboxylic acids is 4. The quantitative estimate of drug-likeness (QED) is 0.476. The molecule has 1 unspecified atom stereocenters. The van der Waals surface area contributed by atoms with Crippen LogP contribution in [0.25, 0.3) is 0 Å². The maximum atomic E-state index is 12.6. The normalized spacial score (nSPS) is 18.9. The smallest absolute Gasteiger partial charge is 0.303 e. The van der Waals surface area contributed by atoms with Crippen LogP contribution in [-0.2, 0) is 20.9 Å². The number of hydrogen-bond donors (Lipinski definition) is 3. The fraction of sp³-hybridized carbons (Fsp3) is 0.389. The summed E-state index contributed by atoms with van der Waals surface area (Å²) in [6.45, 7) is 0.435. The Balaban J connectivity index is 1.66. The topological polar surface area (TPSA) is 133 Å². The number of hydrogen-bond acceptors (Lipinski definition) is 5. The van der Waals surface area contributed by atoms with Crippen LogP contribution in [0.15, 0.2) is 18.2 Å². The average molecular weight is 373 g/mol. The van der Waals surface area contributed by atoms with Gasteiger partial charge < -0.3 is 15.3 Å². The summed E-state index contributed by atoms with van der Waals surface area (Å²) in [5, 5.41) is 13.5. The van der Waals surface area contributed by atoms with Crippen LogP contribution in [0.1, 0.15) is 52.0 Å². The molecule has 3 N–H and O–H groups in total. The first-order chi connectivity index (χ1) is 12.9. The summed E-state index contributed by atoms with van der Waals surface area (Å²) in [5.41, 5.74) is 1.44. The Morgan fingerprint density at radius 2 is 2.04 bits per heavy atom. The summed E-state index contributed by atoms with van der Waals surface area (Å²) in [7, 11) is 0. The SMILES string of the molecule is O=C(O)CCCNC(=O)c1ccc2c(c1)CN(C1CCC(=O)NC1=O)C2=O. The minimum absolute atomic E-state index is 0.0279. The van der Waals surface area contributed by atoms with Crippen LogP contribution < -0.4 is 10.6 Å². The third-order valence-corrected chi connectivity index (χ3v) is 4.64. The summed E-state index contributed by atoms with van der Waals surface area (Å²) in [6.07, 6.45) is 0.759. The highest BCUT2D eigenvalue weighted by Crippen LogP contribution is 2.28. The third kappa shape index (κ3) is 3.97. The second-order valence-corrected chi connectivity index (χ2v) is 6.53. The Morgan fingerprint density at radius 3 is 2.74 bits per heavy atom. The van der Waals surface area contributed by atoms with Gasteiger partial charge in [0.25, 0.3) is 11.8 Å². The van der Waals surface area contributed by atoms with Crippen molar-refractivity contribution in [3.63, 3.8) is 0 Å². The molecule has 0 bridgehead atoms. The Morgan fingerprint density at radius 1 is 1.26 bits per heavy atom. The second-order valence-electron chi connectivity index (χ2n) is 6.53. The largest absolute Gasteiger partial charge is 0.481 e. The van der Waals surface area contributed by atoms with Gasteiger partial charge in [-0.1, -0.05) is 0 Å². The zero-order valence-corrected chi connectivity index (χ0v) is 14.5. The van der Waals surface area contributed by atoms with Crippen molar-refractivity contribution in [3.8, 4) is 0 Å². The first-order valence-electron chi connectivity index (χ1n) is 8.64. The molecular formula is C18H19N3O6. The Labute approximate surface area is 154 Å². The number of rotatable bonds is 6. The highest BCUT2D eigenvalue weighted by molar-refractivity contribution is 6.06. The van der Waals surface area contributed by atoms with Crippen LogP contribution in [-0.4, -0.2) is 52.2 Å². The summed E-state index contributed by atoms with van der Waals surface area (Å²) in [6, 6.07) is 3.98. The molecule has 2 aliphatic heterocycles. The van der Waals surface area contributed by atoms with Gasteiger partial charge >= 0.3 is 5.97 Å². The molecule has 1 fully saturated rings. The van der Waals surface area contributed by atoms with Gasteiger partial charge in [0.05, 0.1) is 0 Å². The molecule has 0 radical (unpaired) electrons. The average Bonchev–Trinajstić information content (AvgIpc) is 2.94. The molecule has 1 saturated heterocycles. The summed E-state index contributed by atoms with van der Waals surface area (Å²) >= 11 is 0. The van der Waals surface area contributed by atoms with E-state index in [1.807, 2.05) is 0 Å². The van der Waals surface area contributed by atoms with Crippen molar-refractivity contribution in [2.24, 2.45) is 0 Å². The molecule has 4 amide bonds. The molecule has 142 valence electrons. The number of piperidine rings is 1. The molecule has 9 heteroatoms. The zero-order chi connectivity index (χ0) is 19.6. The van der Waals surface area contributed by atoms with Gasteiger partial charge in [0.15, 0.2) is 0 Å².